The largest absolute Gasteiger partial charge is 0.483 e. The molecule has 7 nitrogen and oxygen atoms in total. The summed E-state index contributed by atoms with van der Waals surface area (Å²) in [6, 6.07) is 7.16. The van der Waals surface area contributed by atoms with Crippen LogP contribution in [-0.4, -0.2) is 14.9 Å². The third-order valence-electron chi connectivity index (χ3n) is 2.07. The molecule has 0 fully saturated rings. The Morgan fingerprint density at radius 2 is 1.94 bits per heavy atom. The molecule has 1 aromatic carbocycles. The SMILES string of the molecule is Nc1ccccc1OCc1nnc(N)n1N. The molecule has 7 heteroatoms. The van der Waals surface area contributed by atoms with Crippen LogP contribution in [-0.2, 0) is 6.61 Å². The predicted molar refractivity (Wildman–Crippen MR) is 59.8 cm³/mol. The number of para-hydroxylation sites is 2. The molecule has 1 aromatic heterocycles. The average Bonchev–Trinajstić information content (AvgIpc) is 2.59. The zero-order chi connectivity index (χ0) is 11.5. The standard InChI is InChI=1S/C9H12N6O/c10-6-3-1-2-4-7(6)16-5-8-13-14-9(11)15(8)12/h1-4H,5,10,12H2,(H2,11,14). The quantitative estimate of drug-likeness (QED) is 0.484. The van der Waals surface area contributed by atoms with Gasteiger partial charge in [0, 0.05) is 0 Å². The van der Waals surface area contributed by atoms with Gasteiger partial charge in [0.05, 0.1) is 5.69 Å². The van der Waals surface area contributed by atoms with Crippen LogP contribution in [0.1, 0.15) is 5.82 Å². The van der Waals surface area contributed by atoms with Gasteiger partial charge in [0.1, 0.15) is 12.4 Å². The van der Waals surface area contributed by atoms with Gasteiger partial charge >= 0.3 is 0 Å². The summed E-state index contributed by atoms with van der Waals surface area (Å²) >= 11 is 0. The van der Waals surface area contributed by atoms with E-state index in [1.165, 1.54) is 4.68 Å². The molecule has 0 saturated carbocycles. The number of rotatable bonds is 3. The van der Waals surface area contributed by atoms with Crippen molar-refractivity contribution in [2.75, 3.05) is 17.3 Å². The van der Waals surface area contributed by atoms with Crippen LogP contribution in [0.2, 0.25) is 0 Å². The van der Waals surface area contributed by atoms with Crippen molar-refractivity contribution in [2.24, 2.45) is 0 Å². The number of nitrogens with zero attached hydrogens (tertiary/aromatic N) is 3. The van der Waals surface area contributed by atoms with Gasteiger partial charge in [0.2, 0.25) is 5.95 Å². The Kier molecular flexibility index (Phi) is 2.50. The molecule has 0 atom stereocenters. The lowest BCUT2D eigenvalue weighted by Gasteiger charge is -2.07. The Bertz CT molecular complexity index is 494. The van der Waals surface area contributed by atoms with E-state index in [2.05, 4.69) is 10.2 Å². The molecule has 0 amide bonds. The molecular weight excluding hydrogens is 208 g/mol. The Labute approximate surface area is 91.8 Å². The highest BCUT2D eigenvalue weighted by molar-refractivity contribution is 5.51. The molecule has 0 spiro atoms. The van der Waals surface area contributed by atoms with Crippen LogP contribution < -0.4 is 22.0 Å². The molecular formula is C9H12N6O. The molecule has 6 N–H and O–H groups in total. The zero-order valence-electron chi connectivity index (χ0n) is 8.50. The first-order chi connectivity index (χ1) is 7.68. The van der Waals surface area contributed by atoms with Crippen molar-refractivity contribution in [1.29, 1.82) is 0 Å². The van der Waals surface area contributed by atoms with Crippen molar-refractivity contribution in [3.63, 3.8) is 0 Å². The van der Waals surface area contributed by atoms with Crippen molar-refractivity contribution < 1.29 is 4.74 Å². The van der Waals surface area contributed by atoms with Crippen LogP contribution in [0.5, 0.6) is 5.75 Å². The fourth-order valence-electron chi connectivity index (χ4n) is 1.19. The number of hydrogen-bond donors (Lipinski definition) is 3. The number of ether oxygens (including phenoxy) is 1. The summed E-state index contributed by atoms with van der Waals surface area (Å²) in [5, 5.41) is 7.36. The second-order valence-corrected chi connectivity index (χ2v) is 3.17. The number of nitrogen functional groups attached to an aromatic ring is 3. The van der Waals surface area contributed by atoms with E-state index in [4.69, 9.17) is 22.0 Å². The van der Waals surface area contributed by atoms with E-state index in [9.17, 15) is 0 Å². The topological polar surface area (TPSA) is 118 Å². The van der Waals surface area contributed by atoms with Crippen LogP contribution in [0.25, 0.3) is 0 Å². The summed E-state index contributed by atoms with van der Waals surface area (Å²) in [7, 11) is 0. The summed E-state index contributed by atoms with van der Waals surface area (Å²) < 4.78 is 6.60. The van der Waals surface area contributed by atoms with Gasteiger partial charge in [-0.25, -0.2) is 4.68 Å². The van der Waals surface area contributed by atoms with Crippen LogP contribution in [0, 0.1) is 0 Å². The molecule has 0 unspecified atom stereocenters. The maximum Gasteiger partial charge on any atom is 0.240 e. The monoisotopic (exact) mass is 220 g/mol. The van der Waals surface area contributed by atoms with Crippen molar-refractivity contribution >= 4 is 11.6 Å². The molecule has 0 saturated heterocycles. The second kappa shape index (κ2) is 3.97. The highest BCUT2D eigenvalue weighted by atomic mass is 16.5. The maximum absolute atomic E-state index is 5.70. The lowest BCUT2D eigenvalue weighted by Crippen LogP contribution is -2.17. The number of hydrogen-bond acceptors (Lipinski definition) is 6. The normalized spacial score (nSPS) is 10.2. The molecule has 2 rings (SSSR count). The molecule has 0 aliphatic rings. The summed E-state index contributed by atoms with van der Waals surface area (Å²) in [6.07, 6.45) is 0. The summed E-state index contributed by atoms with van der Waals surface area (Å²) in [4.78, 5) is 0. The van der Waals surface area contributed by atoms with Gasteiger partial charge in [-0.1, -0.05) is 12.1 Å². The van der Waals surface area contributed by atoms with Gasteiger partial charge in [0.25, 0.3) is 0 Å². The summed E-state index contributed by atoms with van der Waals surface area (Å²) in [5.74, 6) is 6.70. The molecule has 0 bridgehead atoms. The third-order valence-corrected chi connectivity index (χ3v) is 2.07. The average molecular weight is 220 g/mol. The first-order valence-corrected chi connectivity index (χ1v) is 4.60. The van der Waals surface area contributed by atoms with Gasteiger partial charge in [-0.2, -0.15) is 0 Å². The number of benzene rings is 1. The molecule has 0 radical (unpaired) electrons. The number of nitrogens with two attached hydrogens (primary N) is 3. The summed E-state index contributed by atoms with van der Waals surface area (Å²) in [5.41, 5.74) is 11.7. The highest BCUT2D eigenvalue weighted by Crippen LogP contribution is 2.20. The van der Waals surface area contributed by atoms with Gasteiger partial charge in [-0.15, -0.1) is 10.2 Å². The van der Waals surface area contributed by atoms with Crippen LogP contribution in [0.3, 0.4) is 0 Å². The van der Waals surface area contributed by atoms with Crippen LogP contribution in [0.4, 0.5) is 11.6 Å². The first-order valence-electron chi connectivity index (χ1n) is 4.60. The minimum Gasteiger partial charge on any atom is -0.483 e. The smallest absolute Gasteiger partial charge is 0.240 e. The van der Waals surface area contributed by atoms with Crippen molar-refractivity contribution in [3.05, 3.63) is 30.1 Å². The Morgan fingerprint density at radius 3 is 2.56 bits per heavy atom. The van der Waals surface area contributed by atoms with E-state index >= 15 is 0 Å². The molecule has 16 heavy (non-hydrogen) atoms. The predicted octanol–water partition coefficient (Wildman–Crippen LogP) is -0.265. The molecule has 0 aliphatic heterocycles. The second-order valence-electron chi connectivity index (χ2n) is 3.17. The zero-order valence-corrected chi connectivity index (χ0v) is 8.50. The number of anilines is 2. The van der Waals surface area contributed by atoms with Crippen LogP contribution >= 0.6 is 0 Å². The molecule has 1 heterocycles. The lowest BCUT2D eigenvalue weighted by atomic mass is 10.3. The molecule has 2 aromatic rings. The van der Waals surface area contributed by atoms with Gasteiger partial charge in [-0.05, 0) is 12.1 Å². The Hall–Kier alpha value is -2.44. The van der Waals surface area contributed by atoms with Crippen LogP contribution in [0.15, 0.2) is 24.3 Å². The molecule has 0 aliphatic carbocycles. The van der Waals surface area contributed by atoms with E-state index in [1.807, 2.05) is 12.1 Å². The van der Waals surface area contributed by atoms with E-state index in [-0.39, 0.29) is 12.6 Å². The Balaban J connectivity index is 2.08. The van der Waals surface area contributed by atoms with E-state index < -0.39 is 0 Å². The summed E-state index contributed by atoms with van der Waals surface area (Å²) in [6.45, 7) is 0.162. The first kappa shape index (κ1) is 10.1. The lowest BCUT2D eigenvalue weighted by molar-refractivity contribution is 0.294. The van der Waals surface area contributed by atoms with Crippen molar-refractivity contribution in [1.82, 2.24) is 14.9 Å². The minimum absolute atomic E-state index is 0.139. The van der Waals surface area contributed by atoms with E-state index in [0.717, 1.165) is 0 Å². The maximum atomic E-state index is 5.70. The highest BCUT2D eigenvalue weighted by Gasteiger charge is 2.07. The minimum atomic E-state index is 0.139. The number of aromatic nitrogens is 3. The fourth-order valence-corrected chi connectivity index (χ4v) is 1.19. The molecule has 84 valence electrons. The fraction of sp³-hybridized carbons (Fsp3) is 0.111. The van der Waals surface area contributed by atoms with Gasteiger partial charge < -0.3 is 22.0 Å². The van der Waals surface area contributed by atoms with Crippen molar-refractivity contribution in [3.8, 4) is 5.75 Å². The van der Waals surface area contributed by atoms with Gasteiger partial charge in [0.15, 0.2) is 5.82 Å². The van der Waals surface area contributed by atoms with E-state index in [0.29, 0.717) is 17.3 Å². The van der Waals surface area contributed by atoms with Gasteiger partial charge in [-0.3, -0.25) is 0 Å². The van der Waals surface area contributed by atoms with E-state index in [1.54, 1.807) is 12.1 Å². The third kappa shape index (κ3) is 1.83. The van der Waals surface area contributed by atoms with Crippen molar-refractivity contribution in [2.45, 2.75) is 6.61 Å². The Morgan fingerprint density at radius 1 is 1.19 bits per heavy atom.